The summed E-state index contributed by atoms with van der Waals surface area (Å²) in [6.07, 6.45) is 2.97. The summed E-state index contributed by atoms with van der Waals surface area (Å²) in [5.41, 5.74) is 1.76. The highest BCUT2D eigenvalue weighted by Gasteiger charge is 2.48. The monoisotopic (exact) mass is 351 g/mol. The van der Waals surface area contributed by atoms with Crippen LogP contribution in [-0.4, -0.2) is 62.5 Å². The Morgan fingerprint density at radius 1 is 0.808 bits per heavy atom. The van der Waals surface area contributed by atoms with Crippen molar-refractivity contribution in [2.75, 3.05) is 67.2 Å². The Labute approximate surface area is 154 Å². The summed E-state index contributed by atoms with van der Waals surface area (Å²) >= 11 is 0. The molecule has 0 aliphatic carbocycles. The van der Waals surface area contributed by atoms with Crippen LogP contribution in [0.5, 0.6) is 0 Å². The summed E-state index contributed by atoms with van der Waals surface area (Å²) in [4.78, 5) is 16.2. The summed E-state index contributed by atoms with van der Waals surface area (Å²) in [7, 11) is 0. The number of para-hydroxylation sites is 1. The molecule has 3 fully saturated rings. The summed E-state index contributed by atoms with van der Waals surface area (Å²) < 4.78 is 5.44. The summed E-state index contributed by atoms with van der Waals surface area (Å²) in [6, 6.07) is 12.9. The van der Waals surface area contributed by atoms with Crippen LogP contribution in [0.15, 0.2) is 42.7 Å². The molecule has 3 aliphatic heterocycles. The molecule has 1 aromatic heterocycles. The predicted molar refractivity (Wildman–Crippen MR) is 103 cm³/mol. The molecule has 3 saturated heterocycles. The number of ether oxygens (including phenoxy) is 1. The number of hydrogen-bond donors (Lipinski definition) is 0. The van der Waals surface area contributed by atoms with Crippen molar-refractivity contribution in [3.63, 3.8) is 0 Å². The highest BCUT2D eigenvalue weighted by molar-refractivity contribution is 5.54. The Balaban J connectivity index is 1.24. The lowest BCUT2D eigenvalue weighted by molar-refractivity contribution is 0.122. The van der Waals surface area contributed by atoms with E-state index in [0.717, 1.165) is 64.1 Å². The smallest absolute Gasteiger partial charge is 0.134 e. The van der Waals surface area contributed by atoms with Gasteiger partial charge in [-0.3, -0.25) is 0 Å². The van der Waals surface area contributed by atoms with Crippen molar-refractivity contribution in [2.24, 2.45) is 5.41 Å². The van der Waals surface area contributed by atoms with Crippen LogP contribution in [0.3, 0.4) is 0 Å². The number of morpholine rings is 1. The highest BCUT2D eigenvalue weighted by Crippen LogP contribution is 2.42. The van der Waals surface area contributed by atoms with E-state index in [1.54, 1.807) is 6.33 Å². The van der Waals surface area contributed by atoms with E-state index >= 15 is 0 Å². The van der Waals surface area contributed by atoms with Gasteiger partial charge >= 0.3 is 0 Å². The molecular formula is C20H25N5O. The first kappa shape index (κ1) is 15.9. The third kappa shape index (κ3) is 2.88. The van der Waals surface area contributed by atoms with Crippen LogP contribution in [0.4, 0.5) is 17.3 Å². The van der Waals surface area contributed by atoms with E-state index in [4.69, 9.17) is 4.74 Å². The first-order valence-corrected chi connectivity index (χ1v) is 9.51. The minimum Gasteiger partial charge on any atom is -0.378 e. The van der Waals surface area contributed by atoms with Crippen LogP contribution in [0, 0.1) is 5.41 Å². The number of aromatic nitrogens is 2. The summed E-state index contributed by atoms with van der Waals surface area (Å²) in [5, 5.41) is 0. The van der Waals surface area contributed by atoms with Gasteiger partial charge in [0.15, 0.2) is 0 Å². The SMILES string of the molecule is c1ccc(N2CCC3(C2)CN(c2cc(N4CCOCC4)ncn2)C3)cc1. The molecule has 0 radical (unpaired) electrons. The van der Waals surface area contributed by atoms with E-state index in [0.29, 0.717) is 5.41 Å². The zero-order valence-electron chi connectivity index (χ0n) is 15.0. The number of benzene rings is 1. The number of rotatable bonds is 3. The molecule has 26 heavy (non-hydrogen) atoms. The van der Waals surface area contributed by atoms with Crippen LogP contribution in [0.1, 0.15) is 6.42 Å². The van der Waals surface area contributed by atoms with Gasteiger partial charge in [0.1, 0.15) is 18.0 Å². The van der Waals surface area contributed by atoms with Gasteiger partial charge in [-0.15, -0.1) is 0 Å². The maximum absolute atomic E-state index is 5.44. The van der Waals surface area contributed by atoms with Gasteiger partial charge in [0.2, 0.25) is 0 Å². The second-order valence-corrected chi connectivity index (χ2v) is 7.70. The van der Waals surface area contributed by atoms with E-state index in [2.05, 4.69) is 61.1 Å². The number of anilines is 3. The van der Waals surface area contributed by atoms with E-state index in [1.165, 1.54) is 12.1 Å². The van der Waals surface area contributed by atoms with Crippen molar-refractivity contribution in [1.29, 1.82) is 0 Å². The van der Waals surface area contributed by atoms with Gasteiger partial charge in [0.25, 0.3) is 0 Å². The zero-order chi connectivity index (χ0) is 17.4. The fourth-order valence-corrected chi connectivity index (χ4v) is 4.45. The summed E-state index contributed by atoms with van der Waals surface area (Å²) in [6.45, 7) is 7.86. The van der Waals surface area contributed by atoms with Gasteiger partial charge in [-0.2, -0.15) is 0 Å². The Bertz CT molecular complexity index is 756. The Morgan fingerprint density at radius 3 is 2.27 bits per heavy atom. The molecule has 6 heteroatoms. The molecule has 6 nitrogen and oxygen atoms in total. The molecule has 136 valence electrons. The molecule has 0 amide bonds. The van der Waals surface area contributed by atoms with Gasteiger partial charge in [-0.05, 0) is 18.6 Å². The molecule has 1 aromatic carbocycles. The molecule has 0 saturated carbocycles. The quantitative estimate of drug-likeness (QED) is 0.843. The van der Waals surface area contributed by atoms with Crippen molar-refractivity contribution in [3.05, 3.63) is 42.7 Å². The minimum atomic E-state index is 0.417. The van der Waals surface area contributed by atoms with Gasteiger partial charge in [-0.1, -0.05) is 18.2 Å². The molecule has 0 atom stereocenters. The highest BCUT2D eigenvalue weighted by atomic mass is 16.5. The fraction of sp³-hybridized carbons (Fsp3) is 0.500. The Hall–Kier alpha value is -2.34. The molecular weight excluding hydrogens is 326 g/mol. The van der Waals surface area contributed by atoms with E-state index in [9.17, 15) is 0 Å². The first-order valence-electron chi connectivity index (χ1n) is 9.51. The lowest BCUT2D eigenvalue weighted by atomic mass is 9.79. The largest absolute Gasteiger partial charge is 0.378 e. The van der Waals surface area contributed by atoms with E-state index < -0.39 is 0 Å². The normalized spacial score (nSPS) is 21.9. The third-order valence-corrected chi connectivity index (χ3v) is 5.91. The Morgan fingerprint density at radius 2 is 1.50 bits per heavy atom. The van der Waals surface area contributed by atoms with Crippen molar-refractivity contribution in [1.82, 2.24) is 9.97 Å². The van der Waals surface area contributed by atoms with Crippen LogP contribution in [-0.2, 0) is 4.74 Å². The van der Waals surface area contributed by atoms with Gasteiger partial charge in [-0.25, -0.2) is 9.97 Å². The van der Waals surface area contributed by atoms with Crippen molar-refractivity contribution >= 4 is 17.3 Å². The second kappa shape index (κ2) is 6.43. The van der Waals surface area contributed by atoms with Crippen LogP contribution in [0.2, 0.25) is 0 Å². The van der Waals surface area contributed by atoms with Crippen LogP contribution < -0.4 is 14.7 Å². The molecule has 5 rings (SSSR count). The molecule has 0 bridgehead atoms. The van der Waals surface area contributed by atoms with E-state index in [1.807, 2.05) is 0 Å². The minimum absolute atomic E-state index is 0.417. The first-order chi connectivity index (χ1) is 12.8. The third-order valence-electron chi connectivity index (χ3n) is 5.91. The Kier molecular flexibility index (Phi) is 3.93. The maximum atomic E-state index is 5.44. The molecule has 4 heterocycles. The molecule has 3 aliphatic rings. The average Bonchev–Trinajstić information content (AvgIpc) is 3.14. The number of nitrogens with zero attached hydrogens (tertiary/aromatic N) is 5. The standard InChI is InChI=1S/C20H25N5O/c1-2-4-17(5-3-1)24-7-6-20(13-24)14-25(15-20)19-12-18(21-16-22-19)23-8-10-26-11-9-23/h1-5,12,16H,6-11,13-15H2. The van der Waals surface area contributed by atoms with Gasteiger partial charge in [0, 0.05) is 56.4 Å². The van der Waals surface area contributed by atoms with Crippen LogP contribution >= 0.6 is 0 Å². The van der Waals surface area contributed by atoms with Gasteiger partial charge < -0.3 is 19.4 Å². The summed E-state index contributed by atoms with van der Waals surface area (Å²) in [5.74, 6) is 2.09. The number of hydrogen-bond acceptors (Lipinski definition) is 6. The molecule has 2 aromatic rings. The van der Waals surface area contributed by atoms with Crippen molar-refractivity contribution in [2.45, 2.75) is 6.42 Å². The molecule has 1 spiro atoms. The zero-order valence-corrected chi connectivity index (χ0v) is 15.0. The van der Waals surface area contributed by atoms with Crippen LogP contribution in [0.25, 0.3) is 0 Å². The predicted octanol–water partition coefficient (Wildman–Crippen LogP) is 2.03. The lowest BCUT2D eigenvalue weighted by Gasteiger charge is -2.48. The van der Waals surface area contributed by atoms with Crippen molar-refractivity contribution < 1.29 is 4.74 Å². The fourth-order valence-electron chi connectivity index (χ4n) is 4.45. The molecule has 0 unspecified atom stereocenters. The van der Waals surface area contributed by atoms with Gasteiger partial charge in [0.05, 0.1) is 13.2 Å². The topological polar surface area (TPSA) is 44.7 Å². The second-order valence-electron chi connectivity index (χ2n) is 7.70. The lowest BCUT2D eigenvalue weighted by Crippen LogP contribution is -2.58. The van der Waals surface area contributed by atoms with E-state index in [-0.39, 0.29) is 0 Å². The van der Waals surface area contributed by atoms with Crippen molar-refractivity contribution in [3.8, 4) is 0 Å². The maximum Gasteiger partial charge on any atom is 0.134 e. The molecule has 0 N–H and O–H groups in total. The average molecular weight is 351 g/mol.